The molecule has 0 bridgehead atoms. The third-order valence-electron chi connectivity index (χ3n) is 4.17. The molecular formula is C20H18N2O4. The van der Waals surface area contributed by atoms with E-state index in [4.69, 9.17) is 14.7 Å². The highest BCUT2D eigenvalue weighted by molar-refractivity contribution is 5.97. The van der Waals surface area contributed by atoms with Crippen molar-refractivity contribution in [2.45, 2.75) is 19.4 Å². The lowest BCUT2D eigenvalue weighted by Crippen LogP contribution is -2.39. The normalized spacial score (nSPS) is 15.1. The zero-order valence-electron chi connectivity index (χ0n) is 14.3. The molecule has 0 aromatic heterocycles. The van der Waals surface area contributed by atoms with E-state index in [9.17, 15) is 9.59 Å². The Morgan fingerprint density at radius 1 is 1.15 bits per heavy atom. The van der Waals surface area contributed by atoms with Gasteiger partial charge in [-0.2, -0.15) is 5.26 Å². The molecule has 3 rings (SSSR count). The van der Waals surface area contributed by atoms with Crippen LogP contribution in [0.25, 0.3) is 0 Å². The average Bonchev–Trinajstić information content (AvgIpc) is 3.00. The predicted octanol–water partition coefficient (Wildman–Crippen LogP) is 2.46. The number of nitriles is 1. The maximum absolute atomic E-state index is 12.4. The first-order chi connectivity index (χ1) is 12.6. The number of benzene rings is 2. The summed E-state index contributed by atoms with van der Waals surface area (Å²) in [5.41, 5.74) is 2.49. The minimum absolute atomic E-state index is 0.0356. The molecule has 1 amide bonds. The number of esters is 1. The minimum atomic E-state index is -0.622. The zero-order valence-corrected chi connectivity index (χ0v) is 14.3. The second kappa shape index (κ2) is 7.70. The summed E-state index contributed by atoms with van der Waals surface area (Å²) in [4.78, 5) is 25.9. The molecule has 0 saturated heterocycles. The number of fused-ring (bicyclic) bond motifs is 1. The molecule has 26 heavy (non-hydrogen) atoms. The summed E-state index contributed by atoms with van der Waals surface area (Å²) >= 11 is 0. The van der Waals surface area contributed by atoms with Gasteiger partial charge in [0.2, 0.25) is 0 Å². The van der Waals surface area contributed by atoms with Gasteiger partial charge in [0.05, 0.1) is 11.6 Å². The van der Waals surface area contributed by atoms with E-state index in [2.05, 4.69) is 0 Å². The summed E-state index contributed by atoms with van der Waals surface area (Å²) in [6.07, 6.45) is 0.789. The van der Waals surface area contributed by atoms with Gasteiger partial charge in [0.15, 0.2) is 13.2 Å². The van der Waals surface area contributed by atoms with Crippen molar-refractivity contribution in [1.29, 1.82) is 5.26 Å². The first kappa shape index (κ1) is 17.5. The van der Waals surface area contributed by atoms with Gasteiger partial charge in [-0.3, -0.25) is 4.79 Å². The van der Waals surface area contributed by atoms with Crippen molar-refractivity contribution in [1.82, 2.24) is 0 Å². The van der Waals surface area contributed by atoms with E-state index in [-0.39, 0.29) is 25.2 Å². The Kier molecular flexibility index (Phi) is 5.18. The zero-order chi connectivity index (χ0) is 18.5. The van der Waals surface area contributed by atoms with Crippen molar-refractivity contribution in [2.75, 3.05) is 18.1 Å². The summed E-state index contributed by atoms with van der Waals surface area (Å²) in [6.45, 7) is 1.34. The van der Waals surface area contributed by atoms with Gasteiger partial charge in [0.25, 0.3) is 5.91 Å². The van der Waals surface area contributed by atoms with Crippen LogP contribution >= 0.6 is 0 Å². The number of para-hydroxylation sites is 1. The summed E-state index contributed by atoms with van der Waals surface area (Å²) in [6, 6.07) is 16.1. The van der Waals surface area contributed by atoms with Crippen molar-refractivity contribution in [2.24, 2.45) is 0 Å². The quantitative estimate of drug-likeness (QED) is 0.774. The van der Waals surface area contributed by atoms with Crippen LogP contribution in [-0.4, -0.2) is 31.1 Å². The van der Waals surface area contributed by atoms with Gasteiger partial charge in [-0.1, -0.05) is 18.2 Å². The molecule has 2 aromatic rings. The third kappa shape index (κ3) is 3.83. The number of hydrogen-bond acceptors (Lipinski definition) is 5. The molecule has 6 nitrogen and oxygen atoms in total. The number of nitrogens with zero attached hydrogens (tertiary/aromatic N) is 2. The molecule has 1 atom stereocenters. The molecule has 0 aliphatic carbocycles. The number of anilines is 1. The standard InChI is InChI=1S/C20H18N2O4/c1-14-10-16-4-2-3-5-18(16)22(14)19(23)12-26-20(24)13-25-17-8-6-15(11-21)7-9-17/h2-9,14H,10,12-13H2,1H3/t14-/m0/s1. The molecule has 0 saturated carbocycles. The lowest BCUT2D eigenvalue weighted by molar-refractivity contribution is -0.149. The van der Waals surface area contributed by atoms with Crippen LogP contribution in [0, 0.1) is 11.3 Å². The van der Waals surface area contributed by atoms with E-state index >= 15 is 0 Å². The SMILES string of the molecule is C[C@H]1Cc2ccccc2N1C(=O)COC(=O)COc1ccc(C#N)cc1. The van der Waals surface area contributed by atoms with E-state index in [0.29, 0.717) is 11.3 Å². The fourth-order valence-electron chi connectivity index (χ4n) is 2.97. The monoisotopic (exact) mass is 350 g/mol. The highest BCUT2D eigenvalue weighted by atomic mass is 16.6. The Morgan fingerprint density at radius 2 is 1.88 bits per heavy atom. The molecular weight excluding hydrogens is 332 g/mol. The van der Waals surface area contributed by atoms with Gasteiger partial charge in [-0.15, -0.1) is 0 Å². The van der Waals surface area contributed by atoms with Crippen molar-refractivity contribution in [3.63, 3.8) is 0 Å². The molecule has 1 aliphatic heterocycles. The largest absolute Gasteiger partial charge is 0.482 e. The second-order valence-corrected chi connectivity index (χ2v) is 6.03. The topological polar surface area (TPSA) is 79.6 Å². The van der Waals surface area contributed by atoms with Crippen molar-refractivity contribution >= 4 is 17.6 Å². The summed E-state index contributed by atoms with van der Waals surface area (Å²) in [5.74, 6) is -0.425. The third-order valence-corrected chi connectivity index (χ3v) is 4.17. The predicted molar refractivity (Wildman–Crippen MR) is 94.7 cm³/mol. The van der Waals surface area contributed by atoms with Crippen LogP contribution in [0.4, 0.5) is 5.69 Å². The van der Waals surface area contributed by atoms with Crippen molar-refractivity contribution in [3.8, 4) is 11.8 Å². The number of amides is 1. The number of carbonyl (C=O) groups is 2. The average molecular weight is 350 g/mol. The highest BCUT2D eigenvalue weighted by Crippen LogP contribution is 2.31. The van der Waals surface area contributed by atoms with Crippen molar-refractivity contribution in [3.05, 3.63) is 59.7 Å². The molecule has 0 radical (unpaired) electrons. The molecule has 2 aromatic carbocycles. The summed E-state index contributed by atoms with van der Waals surface area (Å²) in [7, 11) is 0. The molecule has 0 fully saturated rings. The van der Waals surface area contributed by atoms with E-state index in [0.717, 1.165) is 17.7 Å². The van der Waals surface area contributed by atoms with Crippen LogP contribution in [0.3, 0.4) is 0 Å². The Labute approximate surface area is 151 Å². The fraction of sp³-hybridized carbons (Fsp3) is 0.250. The second-order valence-electron chi connectivity index (χ2n) is 6.03. The highest BCUT2D eigenvalue weighted by Gasteiger charge is 2.30. The van der Waals surface area contributed by atoms with Crippen LogP contribution in [0.1, 0.15) is 18.1 Å². The van der Waals surface area contributed by atoms with Crippen LogP contribution < -0.4 is 9.64 Å². The van der Waals surface area contributed by atoms with E-state index < -0.39 is 5.97 Å². The Hall–Kier alpha value is -3.33. The van der Waals surface area contributed by atoms with E-state index in [1.807, 2.05) is 37.3 Å². The van der Waals surface area contributed by atoms with E-state index in [1.165, 1.54) is 0 Å². The smallest absolute Gasteiger partial charge is 0.344 e. The van der Waals surface area contributed by atoms with Gasteiger partial charge in [-0.05, 0) is 49.2 Å². The van der Waals surface area contributed by atoms with Crippen molar-refractivity contribution < 1.29 is 19.1 Å². The van der Waals surface area contributed by atoms with Crippen LogP contribution in [0.5, 0.6) is 5.75 Å². The molecule has 6 heteroatoms. The van der Waals surface area contributed by atoms with Crippen LogP contribution in [-0.2, 0) is 20.7 Å². The Balaban J connectivity index is 1.50. The number of carbonyl (C=O) groups excluding carboxylic acids is 2. The molecule has 0 N–H and O–H groups in total. The first-order valence-electron chi connectivity index (χ1n) is 8.27. The van der Waals surface area contributed by atoms with Gasteiger partial charge in [0.1, 0.15) is 5.75 Å². The summed E-state index contributed by atoms with van der Waals surface area (Å²) < 4.78 is 10.3. The molecule has 0 spiro atoms. The molecule has 1 aliphatic rings. The Bertz CT molecular complexity index is 855. The Morgan fingerprint density at radius 3 is 2.62 bits per heavy atom. The fourth-order valence-corrected chi connectivity index (χ4v) is 2.97. The molecule has 0 unspecified atom stereocenters. The maximum atomic E-state index is 12.4. The first-order valence-corrected chi connectivity index (χ1v) is 8.27. The molecule has 132 valence electrons. The summed E-state index contributed by atoms with van der Waals surface area (Å²) in [5, 5.41) is 8.74. The lowest BCUT2D eigenvalue weighted by atomic mass is 10.1. The minimum Gasteiger partial charge on any atom is -0.482 e. The van der Waals surface area contributed by atoms with Gasteiger partial charge in [-0.25, -0.2) is 4.79 Å². The van der Waals surface area contributed by atoms with Crippen LogP contribution in [0.2, 0.25) is 0 Å². The number of rotatable bonds is 5. The molecule has 1 heterocycles. The van der Waals surface area contributed by atoms with E-state index in [1.54, 1.807) is 29.2 Å². The maximum Gasteiger partial charge on any atom is 0.344 e. The lowest BCUT2D eigenvalue weighted by Gasteiger charge is -2.22. The number of ether oxygens (including phenoxy) is 2. The number of hydrogen-bond donors (Lipinski definition) is 0. The van der Waals surface area contributed by atoms with Gasteiger partial charge >= 0.3 is 5.97 Å². The van der Waals surface area contributed by atoms with Gasteiger partial charge < -0.3 is 14.4 Å². The van der Waals surface area contributed by atoms with Crippen LogP contribution in [0.15, 0.2) is 48.5 Å². The van der Waals surface area contributed by atoms with Gasteiger partial charge in [0, 0.05) is 11.7 Å².